The van der Waals surface area contributed by atoms with Crippen LogP contribution in [0, 0.1) is 12.7 Å². The molecule has 3 aromatic rings. The molecule has 2 aromatic carbocycles. The van der Waals surface area contributed by atoms with E-state index in [-0.39, 0.29) is 12.0 Å². The highest BCUT2D eigenvalue weighted by Gasteiger charge is 2.29. The molecule has 0 aliphatic carbocycles. The maximum atomic E-state index is 13.0. The fourth-order valence-corrected chi connectivity index (χ4v) is 3.15. The first-order valence-electron chi connectivity index (χ1n) is 8.73. The monoisotopic (exact) mass is 352 g/mol. The fraction of sp³-hybridized carbons (Fsp3) is 0.300. The molecule has 1 aromatic heterocycles. The number of aryl methyl sites for hydroxylation is 1. The summed E-state index contributed by atoms with van der Waals surface area (Å²) in [6, 6.07) is 15.0. The Hall–Kier alpha value is -2.57. The Morgan fingerprint density at radius 1 is 1.04 bits per heavy atom. The maximum Gasteiger partial charge on any atom is 0.157 e. The molecular formula is C20H21FN4O. The lowest BCUT2D eigenvalue weighted by atomic mass is 10.1. The third-order valence-electron chi connectivity index (χ3n) is 4.56. The number of benzene rings is 2. The number of rotatable bonds is 5. The quantitative estimate of drug-likeness (QED) is 0.707. The van der Waals surface area contributed by atoms with Gasteiger partial charge in [-0.1, -0.05) is 47.2 Å². The van der Waals surface area contributed by atoms with E-state index >= 15 is 0 Å². The van der Waals surface area contributed by atoms with Crippen LogP contribution in [0.15, 0.2) is 54.7 Å². The normalized spacial score (nSPS) is 17.7. The highest BCUT2D eigenvalue weighted by molar-refractivity contribution is 5.21. The average Bonchev–Trinajstić information content (AvgIpc) is 3.28. The van der Waals surface area contributed by atoms with Gasteiger partial charge in [0.25, 0.3) is 0 Å². The Labute approximate surface area is 152 Å². The predicted octanol–water partition coefficient (Wildman–Crippen LogP) is 3.30. The summed E-state index contributed by atoms with van der Waals surface area (Å²) in [4.78, 5) is 2.26. The van der Waals surface area contributed by atoms with Crippen LogP contribution < -0.4 is 0 Å². The van der Waals surface area contributed by atoms with E-state index in [9.17, 15) is 4.39 Å². The summed E-state index contributed by atoms with van der Waals surface area (Å²) < 4.78 is 20.7. The summed E-state index contributed by atoms with van der Waals surface area (Å²) in [6.45, 7) is 5.00. The van der Waals surface area contributed by atoms with Crippen LogP contribution >= 0.6 is 0 Å². The van der Waals surface area contributed by atoms with E-state index in [1.807, 2.05) is 6.20 Å². The van der Waals surface area contributed by atoms with Gasteiger partial charge in [0, 0.05) is 13.1 Å². The number of halogens is 1. The maximum absolute atomic E-state index is 13.0. The molecule has 1 unspecified atom stereocenters. The Bertz CT molecular complexity index is 860. The molecule has 134 valence electrons. The van der Waals surface area contributed by atoms with Gasteiger partial charge in [-0.05, 0) is 30.2 Å². The molecule has 2 heterocycles. The van der Waals surface area contributed by atoms with Crippen LogP contribution in [0.3, 0.4) is 0 Å². The van der Waals surface area contributed by atoms with Crippen LogP contribution in [0.1, 0.15) is 28.6 Å². The van der Waals surface area contributed by atoms with E-state index in [1.54, 1.807) is 16.8 Å². The first-order valence-corrected chi connectivity index (χ1v) is 8.73. The van der Waals surface area contributed by atoms with Crippen LogP contribution in [0.5, 0.6) is 0 Å². The van der Waals surface area contributed by atoms with Gasteiger partial charge >= 0.3 is 0 Å². The van der Waals surface area contributed by atoms with Gasteiger partial charge in [-0.3, -0.25) is 4.90 Å². The van der Waals surface area contributed by atoms with Crippen LogP contribution in [0.4, 0.5) is 4.39 Å². The van der Waals surface area contributed by atoms with Gasteiger partial charge in [0.2, 0.25) is 0 Å². The van der Waals surface area contributed by atoms with Crippen LogP contribution in [0.2, 0.25) is 0 Å². The molecule has 1 aliphatic heterocycles. The Morgan fingerprint density at radius 2 is 1.73 bits per heavy atom. The first kappa shape index (κ1) is 16.9. The molecule has 26 heavy (non-hydrogen) atoms. The minimum Gasteiger partial charge on any atom is -0.356 e. The van der Waals surface area contributed by atoms with Crippen molar-refractivity contribution in [3.63, 3.8) is 0 Å². The second kappa shape index (κ2) is 7.35. The minimum atomic E-state index is -0.237. The van der Waals surface area contributed by atoms with Crippen molar-refractivity contribution < 1.29 is 9.13 Å². The van der Waals surface area contributed by atoms with Crippen molar-refractivity contribution in [3.8, 4) is 0 Å². The number of ether oxygens (including phenoxy) is 1. The zero-order valence-corrected chi connectivity index (χ0v) is 14.7. The largest absolute Gasteiger partial charge is 0.356 e. The Morgan fingerprint density at radius 3 is 2.50 bits per heavy atom. The summed E-state index contributed by atoms with van der Waals surface area (Å²) in [5.41, 5.74) is 4.29. The lowest BCUT2D eigenvalue weighted by Gasteiger charge is -2.21. The lowest BCUT2D eigenvalue weighted by molar-refractivity contribution is 0.0252. The summed E-state index contributed by atoms with van der Waals surface area (Å²) in [7, 11) is 0. The van der Waals surface area contributed by atoms with Gasteiger partial charge in [-0.25, -0.2) is 9.07 Å². The van der Waals surface area contributed by atoms with Crippen LogP contribution in [-0.2, 0) is 17.8 Å². The van der Waals surface area contributed by atoms with Crippen molar-refractivity contribution in [2.45, 2.75) is 26.2 Å². The summed E-state index contributed by atoms with van der Waals surface area (Å²) in [6.07, 6.45) is 1.72. The van der Waals surface area contributed by atoms with E-state index in [1.165, 1.54) is 23.3 Å². The summed E-state index contributed by atoms with van der Waals surface area (Å²) in [5, 5.41) is 8.49. The van der Waals surface area contributed by atoms with E-state index < -0.39 is 0 Å². The molecule has 0 bridgehead atoms. The first-order chi connectivity index (χ1) is 12.7. The topological polar surface area (TPSA) is 43.2 Å². The molecule has 1 aliphatic rings. The minimum absolute atomic E-state index is 0.182. The highest BCUT2D eigenvalue weighted by Crippen LogP contribution is 2.27. The standard InChI is InChI=1S/C20H21FN4O/c1-15-2-4-16(5-3-15)12-24-10-11-26-20(24)19-14-25(23-22-19)13-17-6-8-18(21)9-7-17/h2-9,14,20H,10-13H2,1H3. The number of hydrogen-bond donors (Lipinski definition) is 0. The van der Waals surface area contributed by atoms with Crippen molar-refractivity contribution in [1.29, 1.82) is 0 Å². The van der Waals surface area contributed by atoms with Gasteiger partial charge in [-0.15, -0.1) is 5.10 Å². The van der Waals surface area contributed by atoms with E-state index in [4.69, 9.17) is 4.74 Å². The predicted molar refractivity (Wildman–Crippen MR) is 95.8 cm³/mol. The van der Waals surface area contributed by atoms with E-state index in [0.29, 0.717) is 13.2 Å². The van der Waals surface area contributed by atoms with Crippen molar-refractivity contribution in [1.82, 2.24) is 19.9 Å². The summed E-state index contributed by atoms with van der Waals surface area (Å²) >= 11 is 0. The molecule has 0 N–H and O–H groups in total. The molecule has 0 spiro atoms. The fourth-order valence-electron chi connectivity index (χ4n) is 3.15. The average molecular weight is 352 g/mol. The second-order valence-corrected chi connectivity index (χ2v) is 6.65. The van der Waals surface area contributed by atoms with Crippen molar-refractivity contribution >= 4 is 0 Å². The zero-order valence-electron chi connectivity index (χ0n) is 14.7. The lowest BCUT2D eigenvalue weighted by Crippen LogP contribution is -2.23. The van der Waals surface area contributed by atoms with Crippen molar-refractivity contribution in [2.75, 3.05) is 13.2 Å². The van der Waals surface area contributed by atoms with Crippen molar-refractivity contribution in [3.05, 3.63) is 82.9 Å². The molecule has 0 radical (unpaired) electrons. The Balaban J connectivity index is 1.45. The second-order valence-electron chi connectivity index (χ2n) is 6.65. The van der Waals surface area contributed by atoms with Gasteiger partial charge < -0.3 is 4.74 Å². The Kier molecular flexibility index (Phi) is 4.77. The van der Waals surface area contributed by atoms with Gasteiger partial charge in [0.1, 0.15) is 11.5 Å². The molecule has 6 heteroatoms. The van der Waals surface area contributed by atoms with Crippen LogP contribution in [-0.4, -0.2) is 33.0 Å². The molecular weight excluding hydrogens is 331 g/mol. The number of aromatic nitrogens is 3. The smallest absolute Gasteiger partial charge is 0.157 e. The molecule has 1 fully saturated rings. The molecule has 0 amide bonds. The van der Waals surface area contributed by atoms with Crippen molar-refractivity contribution in [2.24, 2.45) is 0 Å². The SMILES string of the molecule is Cc1ccc(CN2CCOC2c2cn(Cc3ccc(F)cc3)nn2)cc1. The number of nitrogens with zero attached hydrogens (tertiary/aromatic N) is 4. The van der Waals surface area contributed by atoms with E-state index in [2.05, 4.69) is 46.4 Å². The van der Waals surface area contributed by atoms with Gasteiger partial charge in [0.05, 0.1) is 19.3 Å². The molecule has 1 saturated heterocycles. The third kappa shape index (κ3) is 3.81. The molecule has 4 rings (SSSR count). The highest BCUT2D eigenvalue weighted by atomic mass is 19.1. The number of hydrogen-bond acceptors (Lipinski definition) is 4. The zero-order chi connectivity index (χ0) is 17.9. The summed E-state index contributed by atoms with van der Waals surface area (Å²) in [5.74, 6) is -0.237. The molecule has 0 saturated carbocycles. The van der Waals surface area contributed by atoms with Gasteiger partial charge in [-0.2, -0.15) is 0 Å². The molecule has 1 atom stereocenters. The molecule has 5 nitrogen and oxygen atoms in total. The van der Waals surface area contributed by atoms with Gasteiger partial charge in [0.15, 0.2) is 6.23 Å². The van der Waals surface area contributed by atoms with Crippen LogP contribution in [0.25, 0.3) is 0 Å². The van der Waals surface area contributed by atoms with E-state index in [0.717, 1.165) is 24.3 Å². The third-order valence-corrected chi connectivity index (χ3v) is 4.56.